The molecule has 0 amide bonds. The van der Waals surface area contributed by atoms with E-state index in [0.717, 1.165) is 4.32 Å². The second kappa shape index (κ2) is 2.79. The van der Waals surface area contributed by atoms with E-state index >= 15 is 0 Å². The highest BCUT2D eigenvalue weighted by molar-refractivity contribution is 8.25. The van der Waals surface area contributed by atoms with E-state index in [1.54, 1.807) is 11.8 Å². The summed E-state index contributed by atoms with van der Waals surface area (Å²) in [6.45, 7) is 6.44. The second-order valence-electron chi connectivity index (χ2n) is 3.34. The van der Waals surface area contributed by atoms with Gasteiger partial charge in [0.2, 0.25) is 0 Å². The monoisotopic (exact) mass is 187 g/mol. The van der Waals surface area contributed by atoms with E-state index in [1.807, 2.05) is 7.05 Å². The first-order valence-electron chi connectivity index (χ1n) is 3.58. The molecule has 0 unspecified atom stereocenters. The van der Waals surface area contributed by atoms with E-state index in [1.165, 1.54) is 4.91 Å². The Hall–Kier alpha value is -0.0200. The topological polar surface area (TPSA) is 3.24 Å². The molecule has 1 aliphatic rings. The summed E-state index contributed by atoms with van der Waals surface area (Å²) in [5.41, 5.74) is 0.0897. The molecular weight excluding hydrogens is 174 g/mol. The first-order chi connectivity index (χ1) is 4.93. The van der Waals surface area contributed by atoms with Gasteiger partial charge in [0.25, 0.3) is 0 Å². The molecule has 1 rings (SSSR count). The van der Waals surface area contributed by atoms with Gasteiger partial charge >= 0.3 is 0 Å². The van der Waals surface area contributed by atoms with E-state index < -0.39 is 0 Å². The maximum Gasteiger partial charge on any atom is 0.141 e. The molecule has 11 heavy (non-hydrogen) atoms. The van der Waals surface area contributed by atoms with Crippen LogP contribution in [0, 0.1) is 0 Å². The fourth-order valence-corrected chi connectivity index (χ4v) is 2.69. The second-order valence-corrected chi connectivity index (χ2v) is 5.22. The van der Waals surface area contributed by atoms with Gasteiger partial charge in [-0.3, -0.25) is 0 Å². The zero-order valence-corrected chi connectivity index (χ0v) is 8.97. The lowest BCUT2D eigenvalue weighted by molar-refractivity contribution is 0.329. The summed E-state index contributed by atoms with van der Waals surface area (Å²) in [6.07, 6.45) is 2.24. The van der Waals surface area contributed by atoms with Crippen LogP contribution in [0.5, 0.6) is 0 Å². The van der Waals surface area contributed by atoms with Gasteiger partial charge in [0.1, 0.15) is 4.32 Å². The van der Waals surface area contributed by atoms with Gasteiger partial charge in [0, 0.05) is 7.05 Å². The molecule has 0 aromatic carbocycles. The van der Waals surface area contributed by atoms with Crippen LogP contribution in [0.15, 0.2) is 11.0 Å². The van der Waals surface area contributed by atoms with E-state index in [-0.39, 0.29) is 5.54 Å². The van der Waals surface area contributed by atoms with Crippen molar-refractivity contribution in [3.8, 4) is 0 Å². The van der Waals surface area contributed by atoms with Crippen molar-refractivity contribution in [3.05, 3.63) is 11.0 Å². The molecule has 0 spiro atoms. The highest BCUT2D eigenvalue weighted by Gasteiger charge is 2.27. The lowest BCUT2D eigenvalue weighted by Gasteiger charge is -2.38. The van der Waals surface area contributed by atoms with Crippen molar-refractivity contribution < 1.29 is 0 Å². The first-order valence-corrected chi connectivity index (χ1v) is 4.81. The summed E-state index contributed by atoms with van der Waals surface area (Å²) in [5.74, 6) is 0. The average molecular weight is 187 g/mol. The predicted molar refractivity (Wildman–Crippen MR) is 55.8 cm³/mol. The quantitative estimate of drug-likeness (QED) is 0.537. The highest BCUT2D eigenvalue weighted by Crippen LogP contribution is 2.32. The normalized spacial score (nSPS) is 23.5. The summed E-state index contributed by atoms with van der Waals surface area (Å²) in [5, 5.41) is 0. The van der Waals surface area contributed by atoms with E-state index in [9.17, 15) is 0 Å². The SMILES string of the molecule is CC1=CC(C)(C)N(C)C(=S)S1. The van der Waals surface area contributed by atoms with Crippen LogP contribution in [0.25, 0.3) is 0 Å². The van der Waals surface area contributed by atoms with Crippen LogP contribution in [-0.4, -0.2) is 21.8 Å². The molecular formula is C8H13NS2. The maximum atomic E-state index is 5.20. The van der Waals surface area contributed by atoms with Crippen LogP contribution in [-0.2, 0) is 0 Å². The van der Waals surface area contributed by atoms with Crippen molar-refractivity contribution in [2.24, 2.45) is 0 Å². The molecule has 0 radical (unpaired) electrons. The van der Waals surface area contributed by atoms with Gasteiger partial charge < -0.3 is 4.90 Å². The number of hydrogen-bond donors (Lipinski definition) is 0. The van der Waals surface area contributed by atoms with E-state index in [2.05, 4.69) is 31.7 Å². The molecule has 0 bridgehead atoms. The summed E-state index contributed by atoms with van der Waals surface area (Å²) in [6, 6.07) is 0. The van der Waals surface area contributed by atoms with Crippen molar-refractivity contribution in [1.29, 1.82) is 0 Å². The Balaban J connectivity index is 2.97. The average Bonchev–Trinajstić information content (AvgIpc) is 1.81. The molecule has 1 nitrogen and oxygen atoms in total. The Morgan fingerprint density at radius 2 is 2.09 bits per heavy atom. The number of likely N-dealkylation sites (N-methyl/N-ethyl adjacent to an activating group) is 1. The zero-order chi connectivity index (χ0) is 8.65. The van der Waals surface area contributed by atoms with Crippen molar-refractivity contribution in [1.82, 2.24) is 4.90 Å². The molecule has 0 aromatic heterocycles. The summed E-state index contributed by atoms with van der Waals surface area (Å²) < 4.78 is 0.968. The van der Waals surface area contributed by atoms with Crippen LogP contribution >= 0.6 is 24.0 Å². The number of allylic oxidation sites excluding steroid dienone is 1. The fraction of sp³-hybridized carbons (Fsp3) is 0.625. The molecule has 1 aliphatic heterocycles. The van der Waals surface area contributed by atoms with Gasteiger partial charge in [-0.1, -0.05) is 24.0 Å². The highest BCUT2D eigenvalue weighted by atomic mass is 32.2. The third-order valence-corrected chi connectivity index (χ3v) is 3.36. The van der Waals surface area contributed by atoms with Gasteiger partial charge in [-0.2, -0.15) is 0 Å². The standard InChI is InChI=1S/C8H13NS2/c1-6-5-8(2,3)9(4)7(10)11-6/h5H,1-4H3. The third kappa shape index (κ3) is 1.76. The van der Waals surface area contributed by atoms with Crippen LogP contribution in [0.2, 0.25) is 0 Å². The van der Waals surface area contributed by atoms with E-state index in [4.69, 9.17) is 12.2 Å². The van der Waals surface area contributed by atoms with Crippen molar-refractivity contribution in [2.75, 3.05) is 7.05 Å². The molecule has 0 fully saturated rings. The Morgan fingerprint density at radius 1 is 1.55 bits per heavy atom. The van der Waals surface area contributed by atoms with Crippen molar-refractivity contribution in [2.45, 2.75) is 26.3 Å². The largest absolute Gasteiger partial charge is 0.352 e. The van der Waals surface area contributed by atoms with Gasteiger partial charge in [0.05, 0.1) is 5.54 Å². The molecule has 0 atom stereocenters. The number of thiocarbonyl (C=S) groups is 1. The minimum Gasteiger partial charge on any atom is -0.352 e. The zero-order valence-electron chi connectivity index (χ0n) is 7.34. The van der Waals surface area contributed by atoms with Crippen LogP contribution in [0.4, 0.5) is 0 Å². The van der Waals surface area contributed by atoms with Crippen molar-refractivity contribution >= 4 is 28.3 Å². The van der Waals surface area contributed by atoms with E-state index in [0.29, 0.717) is 0 Å². The van der Waals surface area contributed by atoms with Crippen LogP contribution in [0.3, 0.4) is 0 Å². The Labute approximate surface area is 77.8 Å². The molecule has 1 heterocycles. The summed E-state index contributed by atoms with van der Waals surface area (Å²) >= 11 is 6.87. The molecule has 0 aliphatic carbocycles. The first kappa shape index (κ1) is 9.07. The molecule has 62 valence electrons. The number of nitrogens with zero attached hydrogens (tertiary/aromatic N) is 1. The molecule has 0 N–H and O–H groups in total. The summed E-state index contributed by atoms with van der Waals surface area (Å²) in [4.78, 5) is 3.43. The Kier molecular flexibility index (Phi) is 2.30. The van der Waals surface area contributed by atoms with Gasteiger partial charge in [-0.05, 0) is 31.8 Å². The fourth-order valence-electron chi connectivity index (χ4n) is 1.07. The number of thioether (sulfide) groups is 1. The van der Waals surface area contributed by atoms with Gasteiger partial charge in [0.15, 0.2) is 0 Å². The maximum absolute atomic E-state index is 5.20. The number of hydrogen-bond acceptors (Lipinski definition) is 2. The Morgan fingerprint density at radius 3 is 2.55 bits per heavy atom. The minimum absolute atomic E-state index is 0.0897. The van der Waals surface area contributed by atoms with Gasteiger partial charge in [-0.15, -0.1) is 0 Å². The minimum atomic E-state index is 0.0897. The van der Waals surface area contributed by atoms with Gasteiger partial charge in [-0.25, -0.2) is 0 Å². The van der Waals surface area contributed by atoms with Crippen molar-refractivity contribution in [3.63, 3.8) is 0 Å². The predicted octanol–water partition coefficient (Wildman–Crippen LogP) is 2.63. The number of rotatable bonds is 0. The lowest BCUT2D eigenvalue weighted by Crippen LogP contribution is -2.43. The van der Waals surface area contributed by atoms with Crippen LogP contribution in [0.1, 0.15) is 20.8 Å². The third-order valence-electron chi connectivity index (χ3n) is 1.94. The lowest BCUT2D eigenvalue weighted by atomic mass is 10.0. The molecule has 0 saturated heterocycles. The smallest absolute Gasteiger partial charge is 0.141 e. The molecule has 0 saturated carbocycles. The Bertz CT molecular complexity index is 218. The molecule has 0 aromatic rings. The summed E-state index contributed by atoms with van der Waals surface area (Å²) in [7, 11) is 2.04. The molecule has 3 heteroatoms. The van der Waals surface area contributed by atoms with Crippen LogP contribution < -0.4 is 0 Å².